The average molecular weight is 566 g/mol. The Hall–Kier alpha value is -3.89. The number of nitrogens with zero attached hydrogens (tertiary/aromatic N) is 1. The summed E-state index contributed by atoms with van der Waals surface area (Å²) in [6.45, 7) is 4.55. The molecule has 0 radical (unpaired) electrons. The van der Waals surface area contributed by atoms with Crippen molar-refractivity contribution in [3.05, 3.63) is 75.5 Å². The second kappa shape index (κ2) is 13.5. The van der Waals surface area contributed by atoms with E-state index in [1.165, 1.54) is 30.5 Å². The van der Waals surface area contributed by atoms with Crippen molar-refractivity contribution in [3.8, 4) is 11.5 Å². The summed E-state index contributed by atoms with van der Waals surface area (Å²) in [7, 11) is 3.05. The minimum atomic E-state index is -1.06. The highest BCUT2D eigenvalue weighted by molar-refractivity contribution is 7.12. The number of aryl methyl sites for hydroxylation is 2. The van der Waals surface area contributed by atoms with Crippen LogP contribution < -0.4 is 25.0 Å². The maximum absolute atomic E-state index is 14.0. The van der Waals surface area contributed by atoms with E-state index in [4.69, 9.17) is 14.2 Å². The topological polar surface area (TPSA) is 106 Å². The van der Waals surface area contributed by atoms with Crippen molar-refractivity contribution in [2.24, 2.45) is 0 Å². The van der Waals surface area contributed by atoms with Crippen LogP contribution in [0.15, 0.2) is 53.9 Å². The number of carbonyl (C=O) groups is 3. The van der Waals surface area contributed by atoms with Crippen molar-refractivity contribution in [2.75, 3.05) is 38.8 Å². The molecule has 0 unspecified atom stereocenters. The van der Waals surface area contributed by atoms with Crippen LogP contribution in [0.4, 0.5) is 5.69 Å². The lowest BCUT2D eigenvalue weighted by molar-refractivity contribution is -0.126. The van der Waals surface area contributed by atoms with Gasteiger partial charge < -0.3 is 24.8 Å². The first kappa shape index (κ1) is 29.1. The number of hydrogen-bond acceptors (Lipinski definition) is 7. The fourth-order valence-electron chi connectivity index (χ4n) is 4.82. The van der Waals surface area contributed by atoms with E-state index >= 15 is 0 Å². The highest BCUT2D eigenvalue weighted by Crippen LogP contribution is 2.35. The molecule has 0 bridgehead atoms. The first-order valence-corrected chi connectivity index (χ1v) is 14.0. The summed E-state index contributed by atoms with van der Waals surface area (Å²) in [4.78, 5) is 42.5. The molecule has 0 spiro atoms. The Morgan fingerprint density at radius 3 is 2.40 bits per heavy atom. The Morgan fingerprint density at radius 2 is 1.77 bits per heavy atom. The fourth-order valence-corrected chi connectivity index (χ4v) is 5.46. The molecule has 4 rings (SSSR count). The van der Waals surface area contributed by atoms with Crippen LogP contribution in [0.3, 0.4) is 0 Å². The Balaban J connectivity index is 1.74. The van der Waals surface area contributed by atoms with Gasteiger partial charge in [-0.15, -0.1) is 11.3 Å². The first-order valence-electron chi connectivity index (χ1n) is 13.1. The van der Waals surface area contributed by atoms with E-state index in [9.17, 15) is 14.4 Å². The van der Waals surface area contributed by atoms with E-state index in [1.54, 1.807) is 35.7 Å². The molecule has 2 N–H and O–H groups in total. The first-order chi connectivity index (χ1) is 19.3. The van der Waals surface area contributed by atoms with E-state index in [0.717, 1.165) is 24.0 Å². The van der Waals surface area contributed by atoms with Gasteiger partial charge in [0.05, 0.1) is 31.7 Å². The molecular formula is C30H35N3O6S. The van der Waals surface area contributed by atoms with E-state index in [-0.39, 0.29) is 24.5 Å². The molecule has 1 aliphatic heterocycles. The third kappa shape index (κ3) is 7.00. The molecule has 1 aromatic heterocycles. The van der Waals surface area contributed by atoms with Crippen LogP contribution in [0.25, 0.3) is 0 Å². The largest absolute Gasteiger partial charge is 0.493 e. The van der Waals surface area contributed by atoms with Gasteiger partial charge in [-0.3, -0.25) is 19.3 Å². The van der Waals surface area contributed by atoms with E-state index < -0.39 is 11.9 Å². The van der Waals surface area contributed by atoms with Crippen molar-refractivity contribution in [1.29, 1.82) is 0 Å². The molecule has 3 amide bonds. The van der Waals surface area contributed by atoms with Crippen LogP contribution in [0.5, 0.6) is 11.5 Å². The quantitative estimate of drug-likeness (QED) is 0.361. The summed E-state index contributed by atoms with van der Waals surface area (Å²) in [6, 6.07) is 13.2. The highest BCUT2D eigenvalue weighted by Gasteiger charge is 2.34. The number of ether oxygens (including phenoxy) is 3. The zero-order valence-electron chi connectivity index (χ0n) is 23.2. The second-order valence-corrected chi connectivity index (χ2v) is 10.6. The van der Waals surface area contributed by atoms with Crippen LogP contribution in [0.1, 0.15) is 45.2 Å². The maximum atomic E-state index is 14.0. The van der Waals surface area contributed by atoms with Crippen molar-refractivity contribution in [1.82, 2.24) is 10.6 Å². The average Bonchev–Trinajstić information content (AvgIpc) is 3.67. The number of thiophene rings is 1. The molecular weight excluding hydrogens is 530 g/mol. The van der Waals surface area contributed by atoms with Crippen LogP contribution in [-0.4, -0.2) is 57.7 Å². The van der Waals surface area contributed by atoms with Crippen LogP contribution in [0.2, 0.25) is 0 Å². The molecule has 10 heteroatoms. The molecule has 1 aliphatic rings. The molecule has 2 heterocycles. The normalized spacial score (nSPS) is 15.2. The van der Waals surface area contributed by atoms with Gasteiger partial charge >= 0.3 is 0 Å². The van der Waals surface area contributed by atoms with Gasteiger partial charge in [-0.2, -0.15) is 0 Å². The molecule has 0 saturated carbocycles. The lowest BCUT2D eigenvalue weighted by atomic mass is 10.0. The van der Waals surface area contributed by atoms with Gasteiger partial charge in [0.15, 0.2) is 11.5 Å². The minimum absolute atomic E-state index is 0.0783. The van der Waals surface area contributed by atoms with E-state index in [2.05, 4.69) is 10.6 Å². The summed E-state index contributed by atoms with van der Waals surface area (Å²) >= 11 is 1.29. The number of anilines is 1. The van der Waals surface area contributed by atoms with E-state index in [0.29, 0.717) is 40.8 Å². The van der Waals surface area contributed by atoms with Gasteiger partial charge in [0, 0.05) is 18.8 Å². The van der Waals surface area contributed by atoms with Crippen LogP contribution in [-0.2, 0) is 14.3 Å². The second-order valence-electron chi connectivity index (χ2n) is 9.67. The molecule has 212 valence electrons. The fraction of sp³-hybridized carbons (Fsp3) is 0.367. The number of carbonyl (C=O) groups excluding carboxylic acids is 3. The van der Waals surface area contributed by atoms with Crippen LogP contribution in [0, 0.1) is 13.8 Å². The zero-order valence-corrected chi connectivity index (χ0v) is 24.0. The van der Waals surface area contributed by atoms with Crippen LogP contribution >= 0.6 is 11.3 Å². The zero-order chi connectivity index (χ0) is 28.6. The van der Waals surface area contributed by atoms with Gasteiger partial charge in [-0.1, -0.05) is 18.2 Å². The van der Waals surface area contributed by atoms with Gasteiger partial charge in [-0.25, -0.2) is 0 Å². The Morgan fingerprint density at radius 1 is 1.02 bits per heavy atom. The minimum Gasteiger partial charge on any atom is -0.493 e. The molecule has 40 heavy (non-hydrogen) atoms. The van der Waals surface area contributed by atoms with E-state index in [1.807, 2.05) is 32.0 Å². The standard InChI is InChI=1S/C30H35N3O6S/c1-19-13-20(2)15-22(14-19)33(27(34)18-32-29(35)26-8-6-12-40-26)28(30(36)31-17-23-7-5-11-39-23)21-9-10-24(37-3)25(16-21)38-4/h6,8-10,12-16,23,28H,5,7,11,17-18H2,1-4H3,(H,31,36)(H,32,35)/t23-,28+/m1/s1. The summed E-state index contributed by atoms with van der Waals surface area (Å²) in [5, 5.41) is 7.50. The number of hydrogen-bond donors (Lipinski definition) is 2. The predicted molar refractivity (Wildman–Crippen MR) is 154 cm³/mol. The highest BCUT2D eigenvalue weighted by atomic mass is 32.1. The predicted octanol–water partition coefficient (Wildman–Crippen LogP) is 4.18. The number of amides is 3. The monoisotopic (exact) mass is 565 g/mol. The number of nitrogens with one attached hydrogen (secondary N) is 2. The summed E-state index contributed by atoms with van der Waals surface area (Å²) < 4.78 is 16.6. The lowest BCUT2D eigenvalue weighted by Gasteiger charge is -2.32. The van der Waals surface area contributed by atoms with Crippen molar-refractivity contribution in [2.45, 2.75) is 38.8 Å². The van der Waals surface area contributed by atoms with Crippen molar-refractivity contribution in [3.63, 3.8) is 0 Å². The number of rotatable bonds is 11. The smallest absolute Gasteiger partial charge is 0.261 e. The summed E-state index contributed by atoms with van der Waals surface area (Å²) in [5.74, 6) is -0.246. The molecule has 1 fully saturated rings. The molecule has 0 aliphatic carbocycles. The molecule has 3 aromatic rings. The maximum Gasteiger partial charge on any atom is 0.261 e. The van der Waals surface area contributed by atoms with Gasteiger partial charge in [-0.05, 0) is 79.1 Å². The third-order valence-corrected chi connectivity index (χ3v) is 7.52. The lowest BCUT2D eigenvalue weighted by Crippen LogP contribution is -2.48. The summed E-state index contributed by atoms with van der Waals surface area (Å²) in [5.41, 5.74) is 2.93. The SMILES string of the molecule is COc1ccc([C@@H](C(=O)NC[C@H]2CCCO2)N(C(=O)CNC(=O)c2cccs2)c2cc(C)cc(C)c2)cc1OC. The summed E-state index contributed by atoms with van der Waals surface area (Å²) in [6.07, 6.45) is 1.72. The Bertz CT molecular complexity index is 1320. The Kier molecular flexibility index (Phi) is 9.79. The van der Waals surface area contributed by atoms with Gasteiger partial charge in [0.2, 0.25) is 11.8 Å². The van der Waals surface area contributed by atoms with Crippen molar-refractivity contribution < 1.29 is 28.6 Å². The van der Waals surface area contributed by atoms with Gasteiger partial charge in [0.1, 0.15) is 6.04 Å². The molecule has 2 aromatic carbocycles. The van der Waals surface area contributed by atoms with Crippen molar-refractivity contribution >= 4 is 34.7 Å². The number of benzene rings is 2. The van der Waals surface area contributed by atoms with Gasteiger partial charge in [0.25, 0.3) is 5.91 Å². The third-order valence-electron chi connectivity index (χ3n) is 6.66. The Labute approximate surface area is 238 Å². The molecule has 2 atom stereocenters. The molecule has 9 nitrogen and oxygen atoms in total. The number of methoxy groups -OCH3 is 2. The molecule has 1 saturated heterocycles.